The van der Waals surface area contributed by atoms with Gasteiger partial charge in [0.15, 0.2) is 5.11 Å². The molecule has 20 heavy (non-hydrogen) atoms. The zero-order chi connectivity index (χ0) is 14.5. The van der Waals surface area contributed by atoms with E-state index in [1.165, 1.54) is 16.8 Å². The van der Waals surface area contributed by atoms with Crippen LogP contribution in [-0.4, -0.2) is 14.9 Å². The van der Waals surface area contributed by atoms with E-state index in [9.17, 15) is 0 Å². The van der Waals surface area contributed by atoms with Gasteiger partial charge in [-0.05, 0) is 31.6 Å². The van der Waals surface area contributed by atoms with Crippen molar-refractivity contribution in [1.29, 1.82) is 0 Å². The van der Waals surface area contributed by atoms with Gasteiger partial charge in [0.05, 0.1) is 5.69 Å². The Morgan fingerprint density at radius 1 is 1.15 bits per heavy atom. The molecule has 0 unspecified atom stereocenters. The third-order valence-corrected chi connectivity index (χ3v) is 3.67. The van der Waals surface area contributed by atoms with Gasteiger partial charge in [0.1, 0.15) is 0 Å². The average molecular weight is 288 g/mol. The lowest BCUT2D eigenvalue weighted by molar-refractivity contribution is 0.729. The van der Waals surface area contributed by atoms with Gasteiger partial charge in [-0.1, -0.05) is 30.3 Å². The van der Waals surface area contributed by atoms with E-state index in [-0.39, 0.29) is 0 Å². The molecule has 1 heterocycles. The Morgan fingerprint density at radius 2 is 1.80 bits per heavy atom. The highest BCUT2D eigenvalue weighted by Crippen LogP contribution is 2.11. The standard InChI is InChI=1S/C15H20N4S/c1-11-14(12(2)19(3)18-11)10-17-15(20)16-9-13-7-5-4-6-8-13/h4-8H,9-10H2,1-3H3,(H2,16,17,20). The molecule has 0 aliphatic carbocycles. The first kappa shape index (κ1) is 14.5. The molecule has 0 aliphatic heterocycles. The van der Waals surface area contributed by atoms with Crippen LogP contribution in [0.1, 0.15) is 22.5 Å². The average Bonchev–Trinajstić information content (AvgIpc) is 2.69. The topological polar surface area (TPSA) is 41.9 Å². The van der Waals surface area contributed by atoms with Crippen molar-refractivity contribution >= 4 is 17.3 Å². The molecule has 0 spiro atoms. The summed E-state index contributed by atoms with van der Waals surface area (Å²) in [6.45, 7) is 5.52. The van der Waals surface area contributed by atoms with E-state index in [1.807, 2.05) is 36.9 Å². The lowest BCUT2D eigenvalue weighted by Crippen LogP contribution is -2.34. The van der Waals surface area contributed by atoms with Crippen LogP contribution in [0, 0.1) is 13.8 Å². The van der Waals surface area contributed by atoms with Crippen molar-refractivity contribution in [1.82, 2.24) is 20.4 Å². The van der Waals surface area contributed by atoms with Crippen LogP contribution in [0.3, 0.4) is 0 Å². The fourth-order valence-corrected chi connectivity index (χ4v) is 2.23. The Bertz CT molecular complexity index is 589. The Labute approximate surface area is 125 Å². The summed E-state index contributed by atoms with van der Waals surface area (Å²) in [6, 6.07) is 10.2. The lowest BCUT2D eigenvalue weighted by atomic mass is 10.2. The molecule has 2 N–H and O–H groups in total. The fraction of sp³-hybridized carbons (Fsp3) is 0.333. The van der Waals surface area contributed by atoms with Crippen molar-refractivity contribution in [2.24, 2.45) is 7.05 Å². The molecule has 0 atom stereocenters. The van der Waals surface area contributed by atoms with Crippen molar-refractivity contribution in [2.75, 3.05) is 0 Å². The molecule has 106 valence electrons. The van der Waals surface area contributed by atoms with E-state index >= 15 is 0 Å². The zero-order valence-corrected chi connectivity index (χ0v) is 12.9. The van der Waals surface area contributed by atoms with Crippen molar-refractivity contribution < 1.29 is 0 Å². The molecule has 4 nitrogen and oxygen atoms in total. The predicted molar refractivity (Wildman–Crippen MR) is 85.4 cm³/mol. The smallest absolute Gasteiger partial charge is 0.166 e. The molecule has 2 aromatic rings. The minimum atomic E-state index is 0.663. The number of aryl methyl sites for hydroxylation is 2. The van der Waals surface area contributed by atoms with Gasteiger partial charge in [0.2, 0.25) is 0 Å². The minimum Gasteiger partial charge on any atom is -0.359 e. The van der Waals surface area contributed by atoms with Crippen LogP contribution in [0.2, 0.25) is 0 Å². The van der Waals surface area contributed by atoms with E-state index in [0.717, 1.165) is 12.2 Å². The molecule has 1 aromatic heterocycles. The number of benzene rings is 1. The quantitative estimate of drug-likeness (QED) is 0.847. The first-order valence-corrected chi connectivity index (χ1v) is 7.03. The van der Waals surface area contributed by atoms with Gasteiger partial charge in [-0.15, -0.1) is 0 Å². The molecular weight excluding hydrogens is 268 g/mol. The largest absolute Gasteiger partial charge is 0.359 e. The van der Waals surface area contributed by atoms with Gasteiger partial charge in [0.25, 0.3) is 0 Å². The maximum atomic E-state index is 5.30. The van der Waals surface area contributed by atoms with Crippen LogP contribution >= 0.6 is 12.2 Å². The van der Waals surface area contributed by atoms with Crippen LogP contribution in [0.25, 0.3) is 0 Å². The number of thiocarbonyl (C=S) groups is 1. The molecule has 0 bridgehead atoms. The van der Waals surface area contributed by atoms with Crippen molar-refractivity contribution in [3.05, 3.63) is 52.8 Å². The van der Waals surface area contributed by atoms with E-state index in [2.05, 4.69) is 34.8 Å². The molecule has 1 aromatic carbocycles. The molecule has 0 fully saturated rings. The van der Waals surface area contributed by atoms with Gasteiger partial charge in [-0.2, -0.15) is 5.10 Å². The van der Waals surface area contributed by atoms with Gasteiger partial charge in [0, 0.05) is 31.4 Å². The van der Waals surface area contributed by atoms with Crippen LogP contribution in [0.15, 0.2) is 30.3 Å². The molecule has 0 saturated heterocycles. The van der Waals surface area contributed by atoms with E-state index in [1.54, 1.807) is 0 Å². The number of hydrogen-bond acceptors (Lipinski definition) is 2. The summed E-state index contributed by atoms with van der Waals surface area (Å²) >= 11 is 5.30. The fourth-order valence-electron chi connectivity index (χ4n) is 2.08. The Balaban J connectivity index is 1.83. The van der Waals surface area contributed by atoms with Gasteiger partial charge in [-0.25, -0.2) is 0 Å². The Hall–Kier alpha value is -1.88. The zero-order valence-electron chi connectivity index (χ0n) is 12.1. The maximum Gasteiger partial charge on any atom is 0.166 e. The Kier molecular flexibility index (Phi) is 4.74. The summed E-state index contributed by atoms with van der Waals surface area (Å²) in [5.74, 6) is 0. The van der Waals surface area contributed by atoms with Gasteiger partial charge in [-0.3, -0.25) is 4.68 Å². The molecule has 2 rings (SSSR count). The predicted octanol–water partition coefficient (Wildman–Crippen LogP) is 2.20. The second-order valence-corrected chi connectivity index (χ2v) is 5.20. The molecule has 0 amide bonds. The lowest BCUT2D eigenvalue weighted by Gasteiger charge is -2.11. The second kappa shape index (κ2) is 6.52. The highest BCUT2D eigenvalue weighted by Gasteiger charge is 2.09. The van der Waals surface area contributed by atoms with Crippen molar-refractivity contribution in [2.45, 2.75) is 26.9 Å². The van der Waals surface area contributed by atoms with Crippen molar-refractivity contribution in [3.8, 4) is 0 Å². The first-order chi connectivity index (χ1) is 9.58. The van der Waals surface area contributed by atoms with Crippen LogP contribution < -0.4 is 10.6 Å². The first-order valence-electron chi connectivity index (χ1n) is 6.62. The molecule has 0 saturated carbocycles. The van der Waals surface area contributed by atoms with Crippen LogP contribution in [-0.2, 0) is 20.1 Å². The maximum absolute atomic E-state index is 5.30. The summed E-state index contributed by atoms with van der Waals surface area (Å²) in [6.07, 6.45) is 0. The number of hydrogen-bond donors (Lipinski definition) is 2. The summed E-state index contributed by atoms with van der Waals surface area (Å²) in [4.78, 5) is 0. The minimum absolute atomic E-state index is 0.663. The van der Waals surface area contributed by atoms with E-state index < -0.39 is 0 Å². The summed E-state index contributed by atoms with van der Waals surface area (Å²) in [7, 11) is 1.96. The number of nitrogens with one attached hydrogen (secondary N) is 2. The summed E-state index contributed by atoms with van der Waals surface area (Å²) in [5, 5.41) is 11.5. The van der Waals surface area contributed by atoms with Gasteiger partial charge >= 0.3 is 0 Å². The molecule has 0 radical (unpaired) electrons. The number of aromatic nitrogens is 2. The normalized spacial score (nSPS) is 10.3. The Morgan fingerprint density at radius 3 is 2.40 bits per heavy atom. The van der Waals surface area contributed by atoms with E-state index in [0.29, 0.717) is 11.7 Å². The second-order valence-electron chi connectivity index (χ2n) is 4.79. The number of nitrogens with zero attached hydrogens (tertiary/aromatic N) is 2. The molecular formula is C15H20N4S. The third-order valence-electron chi connectivity index (χ3n) is 3.38. The van der Waals surface area contributed by atoms with Crippen molar-refractivity contribution in [3.63, 3.8) is 0 Å². The number of rotatable bonds is 4. The summed E-state index contributed by atoms with van der Waals surface area (Å²) < 4.78 is 1.90. The highest BCUT2D eigenvalue weighted by molar-refractivity contribution is 7.80. The highest BCUT2D eigenvalue weighted by atomic mass is 32.1. The third kappa shape index (κ3) is 3.57. The monoisotopic (exact) mass is 288 g/mol. The van der Waals surface area contributed by atoms with Crippen LogP contribution in [0.5, 0.6) is 0 Å². The van der Waals surface area contributed by atoms with Gasteiger partial charge < -0.3 is 10.6 Å². The molecule has 5 heteroatoms. The van der Waals surface area contributed by atoms with Crippen LogP contribution in [0.4, 0.5) is 0 Å². The molecule has 0 aliphatic rings. The summed E-state index contributed by atoms with van der Waals surface area (Å²) in [5.41, 5.74) is 4.63. The van der Waals surface area contributed by atoms with E-state index in [4.69, 9.17) is 12.2 Å². The SMILES string of the molecule is Cc1nn(C)c(C)c1CNC(=S)NCc1ccccc1.